The van der Waals surface area contributed by atoms with Crippen LogP contribution in [0.1, 0.15) is 48.9 Å². The van der Waals surface area contributed by atoms with Gasteiger partial charge < -0.3 is 15.6 Å². The highest BCUT2D eigenvalue weighted by Gasteiger charge is 2.20. The molecule has 1 aliphatic carbocycles. The molecule has 2 rings (SSSR count). The maximum atomic E-state index is 12.0. The summed E-state index contributed by atoms with van der Waals surface area (Å²) in [5.41, 5.74) is 5.91. The lowest BCUT2D eigenvalue weighted by Gasteiger charge is -2.16. The first kappa shape index (κ1) is 12.7. The predicted octanol–water partition coefficient (Wildman–Crippen LogP) is 2.85. The number of hydrogen-bond acceptors (Lipinski definition) is 4. The average molecular weight is 249 g/mol. The molecule has 0 unspecified atom stereocenters. The van der Waals surface area contributed by atoms with Gasteiger partial charge in [0.2, 0.25) is 0 Å². The van der Waals surface area contributed by atoms with Gasteiger partial charge in [0.25, 0.3) is 0 Å². The quantitative estimate of drug-likeness (QED) is 0.366. The van der Waals surface area contributed by atoms with E-state index in [4.69, 9.17) is 10.5 Å². The molecule has 1 aliphatic rings. The molecule has 0 heterocycles. The van der Waals surface area contributed by atoms with Gasteiger partial charge in [-0.2, -0.15) is 0 Å². The number of esters is 1. The van der Waals surface area contributed by atoms with E-state index in [1.54, 1.807) is 12.1 Å². The summed E-state index contributed by atoms with van der Waals surface area (Å²) in [5.74, 6) is -0.664. The van der Waals surface area contributed by atoms with E-state index in [-0.39, 0.29) is 23.1 Å². The molecule has 1 aromatic rings. The van der Waals surface area contributed by atoms with Crippen LogP contribution in [0.4, 0.5) is 5.69 Å². The SMILES string of the molecule is Nc1cccc(C(=O)OC2CCCCCC2)c1O. The van der Waals surface area contributed by atoms with Crippen molar-refractivity contribution in [3.8, 4) is 5.75 Å². The van der Waals surface area contributed by atoms with Gasteiger partial charge in [0.1, 0.15) is 11.7 Å². The van der Waals surface area contributed by atoms with Crippen molar-refractivity contribution in [1.29, 1.82) is 0 Å². The first-order valence-corrected chi connectivity index (χ1v) is 6.47. The molecule has 98 valence electrons. The van der Waals surface area contributed by atoms with Crippen LogP contribution in [0.5, 0.6) is 5.75 Å². The molecule has 0 atom stereocenters. The van der Waals surface area contributed by atoms with Crippen LogP contribution in [0.2, 0.25) is 0 Å². The summed E-state index contributed by atoms with van der Waals surface area (Å²) >= 11 is 0. The first-order chi connectivity index (χ1) is 8.68. The van der Waals surface area contributed by atoms with Gasteiger partial charge in [0, 0.05) is 0 Å². The van der Waals surface area contributed by atoms with Gasteiger partial charge in [0.15, 0.2) is 5.75 Å². The van der Waals surface area contributed by atoms with E-state index in [2.05, 4.69) is 0 Å². The smallest absolute Gasteiger partial charge is 0.342 e. The molecule has 0 spiro atoms. The second-order valence-electron chi connectivity index (χ2n) is 4.76. The van der Waals surface area contributed by atoms with Crippen molar-refractivity contribution in [2.45, 2.75) is 44.6 Å². The minimum atomic E-state index is -0.480. The van der Waals surface area contributed by atoms with Crippen LogP contribution in [0, 0.1) is 0 Å². The molecule has 3 N–H and O–H groups in total. The van der Waals surface area contributed by atoms with Crippen molar-refractivity contribution < 1.29 is 14.6 Å². The third-order valence-electron chi connectivity index (χ3n) is 3.36. The molecular weight excluding hydrogens is 230 g/mol. The summed E-state index contributed by atoms with van der Waals surface area (Å²) in [6.07, 6.45) is 6.40. The van der Waals surface area contributed by atoms with E-state index >= 15 is 0 Å². The van der Waals surface area contributed by atoms with Crippen molar-refractivity contribution >= 4 is 11.7 Å². The van der Waals surface area contributed by atoms with Gasteiger partial charge in [-0.05, 0) is 37.8 Å². The molecule has 18 heavy (non-hydrogen) atoms. The van der Waals surface area contributed by atoms with E-state index < -0.39 is 5.97 Å². The summed E-state index contributed by atoms with van der Waals surface area (Å²) < 4.78 is 5.44. The van der Waals surface area contributed by atoms with Crippen LogP contribution in [0.3, 0.4) is 0 Å². The van der Waals surface area contributed by atoms with Gasteiger partial charge in [-0.3, -0.25) is 0 Å². The standard InChI is InChI=1S/C14H19NO3/c15-12-9-5-8-11(13(12)16)14(17)18-10-6-3-1-2-4-7-10/h5,8-10,16H,1-4,6-7,15H2. The van der Waals surface area contributed by atoms with Gasteiger partial charge in [0.05, 0.1) is 5.69 Å². The minimum Gasteiger partial charge on any atom is -0.505 e. The van der Waals surface area contributed by atoms with Crippen molar-refractivity contribution in [3.05, 3.63) is 23.8 Å². The van der Waals surface area contributed by atoms with Crippen LogP contribution in [-0.2, 0) is 4.74 Å². The monoisotopic (exact) mass is 249 g/mol. The Kier molecular flexibility index (Phi) is 4.07. The Balaban J connectivity index is 2.04. The summed E-state index contributed by atoms with van der Waals surface area (Å²) in [4.78, 5) is 12.0. The third-order valence-corrected chi connectivity index (χ3v) is 3.36. The van der Waals surface area contributed by atoms with Crippen LogP contribution >= 0.6 is 0 Å². The molecule has 0 amide bonds. The number of para-hydroxylation sites is 1. The van der Waals surface area contributed by atoms with Crippen molar-refractivity contribution in [1.82, 2.24) is 0 Å². The number of benzene rings is 1. The van der Waals surface area contributed by atoms with E-state index in [9.17, 15) is 9.90 Å². The number of anilines is 1. The number of aromatic hydroxyl groups is 1. The number of phenols is 1. The molecule has 4 heteroatoms. The molecule has 0 saturated heterocycles. The number of carbonyl (C=O) groups excluding carboxylic acids is 1. The molecule has 1 saturated carbocycles. The number of nitrogen functional groups attached to an aromatic ring is 1. The van der Waals surface area contributed by atoms with Crippen LogP contribution in [0.25, 0.3) is 0 Å². The molecule has 1 aromatic carbocycles. The summed E-state index contributed by atoms with van der Waals surface area (Å²) in [5, 5.41) is 9.73. The molecule has 4 nitrogen and oxygen atoms in total. The number of ether oxygens (including phenoxy) is 1. The fourth-order valence-corrected chi connectivity index (χ4v) is 2.30. The second-order valence-corrected chi connectivity index (χ2v) is 4.76. The Morgan fingerprint density at radius 1 is 1.22 bits per heavy atom. The highest BCUT2D eigenvalue weighted by Crippen LogP contribution is 2.27. The summed E-state index contributed by atoms with van der Waals surface area (Å²) in [7, 11) is 0. The number of rotatable bonds is 2. The Hall–Kier alpha value is -1.71. The minimum absolute atomic E-state index is 0.0270. The highest BCUT2D eigenvalue weighted by molar-refractivity contribution is 5.94. The van der Waals surface area contributed by atoms with Crippen LogP contribution < -0.4 is 5.73 Å². The van der Waals surface area contributed by atoms with Crippen molar-refractivity contribution in [3.63, 3.8) is 0 Å². The fourth-order valence-electron chi connectivity index (χ4n) is 2.30. The van der Waals surface area contributed by atoms with E-state index in [1.165, 1.54) is 18.9 Å². The van der Waals surface area contributed by atoms with Crippen LogP contribution in [-0.4, -0.2) is 17.2 Å². The lowest BCUT2D eigenvalue weighted by molar-refractivity contribution is 0.0264. The molecule has 0 radical (unpaired) electrons. The third kappa shape index (κ3) is 2.94. The number of nitrogens with two attached hydrogens (primary N) is 1. The lowest BCUT2D eigenvalue weighted by atomic mass is 10.1. The predicted molar refractivity (Wildman–Crippen MR) is 69.4 cm³/mol. The van der Waals surface area contributed by atoms with Gasteiger partial charge in [-0.1, -0.05) is 18.9 Å². The van der Waals surface area contributed by atoms with Crippen molar-refractivity contribution in [2.75, 3.05) is 5.73 Å². The zero-order valence-corrected chi connectivity index (χ0v) is 10.4. The van der Waals surface area contributed by atoms with Gasteiger partial charge >= 0.3 is 5.97 Å². The zero-order valence-electron chi connectivity index (χ0n) is 10.4. The highest BCUT2D eigenvalue weighted by atomic mass is 16.5. The Morgan fingerprint density at radius 3 is 2.56 bits per heavy atom. The van der Waals surface area contributed by atoms with Gasteiger partial charge in [-0.25, -0.2) is 4.79 Å². The normalized spacial score (nSPS) is 17.1. The number of carbonyl (C=O) groups is 1. The lowest BCUT2D eigenvalue weighted by Crippen LogP contribution is -2.17. The van der Waals surface area contributed by atoms with Crippen molar-refractivity contribution in [2.24, 2.45) is 0 Å². The molecule has 1 fully saturated rings. The Labute approximate surface area is 107 Å². The molecule has 0 aliphatic heterocycles. The summed E-state index contributed by atoms with van der Waals surface area (Å²) in [6.45, 7) is 0. The first-order valence-electron chi connectivity index (χ1n) is 6.47. The van der Waals surface area contributed by atoms with E-state index in [0.29, 0.717) is 0 Å². The van der Waals surface area contributed by atoms with E-state index in [0.717, 1.165) is 25.7 Å². The summed E-state index contributed by atoms with van der Waals surface area (Å²) in [6, 6.07) is 4.72. The maximum absolute atomic E-state index is 12.0. The molecule has 0 bridgehead atoms. The molecular formula is C14H19NO3. The largest absolute Gasteiger partial charge is 0.505 e. The fraction of sp³-hybridized carbons (Fsp3) is 0.500. The Morgan fingerprint density at radius 2 is 1.89 bits per heavy atom. The number of hydrogen-bond donors (Lipinski definition) is 2. The van der Waals surface area contributed by atoms with E-state index in [1.807, 2.05) is 0 Å². The topological polar surface area (TPSA) is 72.6 Å². The zero-order chi connectivity index (χ0) is 13.0. The molecule has 0 aromatic heterocycles. The average Bonchev–Trinajstić information content (AvgIpc) is 2.61. The van der Waals surface area contributed by atoms with Gasteiger partial charge in [-0.15, -0.1) is 0 Å². The van der Waals surface area contributed by atoms with Crippen LogP contribution in [0.15, 0.2) is 18.2 Å². The Bertz CT molecular complexity index is 423. The maximum Gasteiger partial charge on any atom is 0.342 e. The number of phenolic OH excluding ortho intramolecular Hbond substituents is 1. The second kappa shape index (κ2) is 5.76.